The van der Waals surface area contributed by atoms with Gasteiger partial charge in [0, 0.05) is 29.2 Å². The molecule has 0 saturated carbocycles. The fourth-order valence-corrected chi connectivity index (χ4v) is 5.60. The summed E-state index contributed by atoms with van der Waals surface area (Å²) in [6.45, 7) is 9.99. The van der Waals surface area contributed by atoms with Crippen molar-refractivity contribution >= 4 is 22.9 Å². The number of hydrogen-bond acceptors (Lipinski definition) is 4. The summed E-state index contributed by atoms with van der Waals surface area (Å²) < 4.78 is 7.64. The van der Waals surface area contributed by atoms with Gasteiger partial charge in [0.25, 0.3) is 5.91 Å². The Morgan fingerprint density at radius 1 is 0.800 bits per heavy atom. The molecule has 4 aromatic carbocycles. The average Bonchev–Trinajstić information content (AvgIpc) is 3.40. The minimum absolute atomic E-state index is 0.518. The smallest absolute Gasteiger partial charge is 0.408 e. The van der Waals surface area contributed by atoms with Gasteiger partial charge in [-0.05, 0) is 68.5 Å². The number of amides is 2. The van der Waals surface area contributed by atoms with E-state index < -0.39 is 29.2 Å². The van der Waals surface area contributed by atoms with Crippen molar-refractivity contribution in [3.63, 3.8) is 0 Å². The normalized spacial score (nSPS) is 12.5. The Morgan fingerprint density at radius 3 is 2.02 bits per heavy atom. The van der Waals surface area contributed by atoms with E-state index in [1.54, 1.807) is 27.7 Å². The molecule has 1 heterocycles. The summed E-state index contributed by atoms with van der Waals surface area (Å²) in [7, 11) is 0. The van der Waals surface area contributed by atoms with Crippen LogP contribution in [0.1, 0.15) is 57.7 Å². The first-order valence-electron chi connectivity index (χ1n) is 15.4. The van der Waals surface area contributed by atoms with Crippen LogP contribution in [-0.2, 0) is 26.5 Å². The van der Waals surface area contributed by atoms with Crippen LogP contribution in [0.3, 0.4) is 0 Å². The van der Waals surface area contributed by atoms with E-state index in [1.165, 1.54) is 10.9 Å². The molecule has 232 valence electrons. The largest absolute Gasteiger partial charge is 0.444 e. The molecule has 2 N–H and O–H groups in total. The van der Waals surface area contributed by atoms with Gasteiger partial charge in [0.1, 0.15) is 11.6 Å². The molecule has 0 spiro atoms. The maximum Gasteiger partial charge on any atom is 0.408 e. The fraction of sp³-hybridized carbons (Fsp3) is 0.263. The van der Waals surface area contributed by atoms with Gasteiger partial charge in [-0.2, -0.15) is 0 Å². The lowest BCUT2D eigenvalue weighted by molar-refractivity contribution is -0.145. The van der Waals surface area contributed by atoms with E-state index in [9.17, 15) is 9.59 Å². The monoisotopic (exact) mass is 603 g/mol. The van der Waals surface area contributed by atoms with Gasteiger partial charge in [0.05, 0.1) is 0 Å². The zero-order valence-corrected chi connectivity index (χ0v) is 26.5. The molecule has 0 aliphatic carbocycles. The van der Waals surface area contributed by atoms with Crippen molar-refractivity contribution in [2.45, 2.75) is 64.8 Å². The summed E-state index contributed by atoms with van der Waals surface area (Å²) in [6, 6.07) is 35.5. The van der Waals surface area contributed by atoms with Gasteiger partial charge in [0.2, 0.25) is 0 Å². The molecule has 1 atom stereocenters. The van der Waals surface area contributed by atoms with Crippen LogP contribution in [0.5, 0.6) is 0 Å². The van der Waals surface area contributed by atoms with Gasteiger partial charge in [-0.3, -0.25) is 9.63 Å². The van der Waals surface area contributed by atoms with Crippen LogP contribution in [0.4, 0.5) is 4.79 Å². The van der Waals surface area contributed by atoms with E-state index in [0.717, 1.165) is 40.8 Å². The minimum atomic E-state index is -1.22. The number of nitrogens with one attached hydrogen (secondary N) is 2. The van der Waals surface area contributed by atoms with Crippen LogP contribution in [0.2, 0.25) is 0 Å². The van der Waals surface area contributed by atoms with Gasteiger partial charge >= 0.3 is 6.09 Å². The molecule has 5 aromatic rings. The first kappa shape index (κ1) is 31.5. The Labute approximate surface area is 265 Å². The maximum absolute atomic E-state index is 13.4. The number of carbonyl (C=O) groups excluding carboxylic acids is 2. The number of carbonyl (C=O) groups is 2. The Bertz CT molecular complexity index is 1720. The van der Waals surface area contributed by atoms with E-state index >= 15 is 0 Å². The van der Waals surface area contributed by atoms with E-state index in [2.05, 4.69) is 64.9 Å². The predicted molar refractivity (Wildman–Crippen MR) is 178 cm³/mol. The molecule has 1 unspecified atom stereocenters. The van der Waals surface area contributed by atoms with Gasteiger partial charge in [0.15, 0.2) is 5.60 Å². The van der Waals surface area contributed by atoms with Crippen molar-refractivity contribution in [1.82, 2.24) is 15.4 Å². The third kappa shape index (κ3) is 6.94. The number of hydrogen-bond donors (Lipinski definition) is 2. The van der Waals surface area contributed by atoms with E-state index in [-0.39, 0.29) is 0 Å². The molecule has 7 heteroatoms. The number of para-hydroxylation sites is 1. The highest BCUT2D eigenvalue weighted by atomic mass is 16.7. The van der Waals surface area contributed by atoms with Crippen LogP contribution in [0, 0.1) is 0 Å². The minimum Gasteiger partial charge on any atom is -0.444 e. The average molecular weight is 604 g/mol. The summed E-state index contributed by atoms with van der Waals surface area (Å²) in [4.78, 5) is 32.3. The molecule has 0 fully saturated rings. The lowest BCUT2D eigenvalue weighted by Gasteiger charge is -2.35. The highest BCUT2D eigenvalue weighted by molar-refractivity contribution is 5.96. The van der Waals surface area contributed by atoms with Gasteiger partial charge in [-0.15, -0.1) is 0 Å². The molecule has 0 aliphatic heterocycles. The number of rotatable bonds is 10. The second kappa shape index (κ2) is 13.4. The molecular formula is C38H41N3O4. The number of ether oxygens (including phenoxy) is 1. The summed E-state index contributed by atoms with van der Waals surface area (Å²) in [5.41, 5.74) is 6.60. The maximum atomic E-state index is 13.4. The first-order valence-corrected chi connectivity index (χ1v) is 15.4. The lowest BCUT2D eigenvalue weighted by atomic mass is 9.79. The van der Waals surface area contributed by atoms with Gasteiger partial charge < -0.3 is 14.6 Å². The highest BCUT2D eigenvalue weighted by Crippen LogP contribution is 2.42. The quantitative estimate of drug-likeness (QED) is 0.125. The molecule has 1 aromatic heterocycles. The number of hydroxylamine groups is 1. The topological polar surface area (TPSA) is 81.6 Å². The zero-order valence-electron chi connectivity index (χ0n) is 26.5. The van der Waals surface area contributed by atoms with Crippen LogP contribution < -0.4 is 10.8 Å². The number of nitrogens with zero attached hydrogens (tertiary/aromatic N) is 1. The summed E-state index contributed by atoms with van der Waals surface area (Å²) in [5, 5.41) is 3.77. The second-order valence-electron chi connectivity index (χ2n) is 12.2. The van der Waals surface area contributed by atoms with Crippen LogP contribution >= 0.6 is 0 Å². The van der Waals surface area contributed by atoms with E-state index in [1.807, 2.05) is 72.8 Å². The fourth-order valence-electron chi connectivity index (χ4n) is 5.60. The lowest BCUT2D eigenvalue weighted by Crippen LogP contribution is -2.49. The van der Waals surface area contributed by atoms with E-state index in [4.69, 9.17) is 9.57 Å². The first-order chi connectivity index (χ1) is 21.6. The van der Waals surface area contributed by atoms with E-state index in [0.29, 0.717) is 0 Å². The molecule has 5 rings (SSSR count). The summed E-state index contributed by atoms with van der Waals surface area (Å²) in [6.07, 6.45) is 2.56. The van der Waals surface area contributed by atoms with Crippen molar-refractivity contribution in [1.29, 1.82) is 0 Å². The molecule has 7 nitrogen and oxygen atoms in total. The Kier molecular flexibility index (Phi) is 9.40. The van der Waals surface area contributed by atoms with Crippen molar-refractivity contribution in [2.75, 3.05) is 0 Å². The molecule has 0 aliphatic rings. The molecule has 0 radical (unpaired) electrons. The Hall–Kier alpha value is -4.88. The molecule has 45 heavy (non-hydrogen) atoms. The predicted octanol–water partition coefficient (Wildman–Crippen LogP) is 7.97. The molecule has 0 saturated heterocycles. The van der Waals surface area contributed by atoms with Crippen molar-refractivity contribution in [3.05, 3.63) is 132 Å². The highest BCUT2D eigenvalue weighted by Gasteiger charge is 2.40. The third-order valence-electron chi connectivity index (χ3n) is 7.63. The van der Waals surface area contributed by atoms with Crippen molar-refractivity contribution in [2.24, 2.45) is 0 Å². The van der Waals surface area contributed by atoms with Crippen molar-refractivity contribution in [3.8, 4) is 11.1 Å². The van der Waals surface area contributed by atoms with Gasteiger partial charge in [-0.25, -0.2) is 10.3 Å². The number of aryl methyl sites for hydroxylation is 1. The summed E-state index contributed by atoms with van der Waals surface area (Å²) in [5.74, 6) is -0.518. The van der Waals surface area contributed by atoms with Crippen LogP contribution in [-0.4, -0.2) is 28.2 Å². The van der Waals surface area contributed by atoms with Gasteiger partial charge in [-0.1, -0.05) is 104 Å². The van der Waals surface area contributed by atoms with Crippen LogP contribution in [0.25, 0.3) is 22.0 Å². The van der Waals surface area contributed by atoms with Crippen molar-refractivity contribution < 1.29 is 19.2 Å². The molecule has 2 amide bonds. The zero-order chi connectivity index (χ0) is 32.0. The third-order valence-corrected chi connectivity index (χ3v) is 7.63. The van der Waals surface area contributed by atoms with Crippen LogP contribution in [0.15, 0.2) is 115 Å². The Balaban J connectivity index is 1.59. The summed E-state index contributed by atoms with van der Waals surface area (Å²) >= 11 is 0. The number of benzene rings is 4. The number of aromatic nitrogens is 1. The SMILES string of the molecule is CCCn1cc(-c2cccc(C(ONC(=O)C(C)NC(=O)OC(C)(C)C)(c3ccccc3)c3ccccc3)c2)c2ccccc21. The second-order valence-corrected chi connectivity index (χ2v) is 12.2. The number of fused-ring (bicyclic) bond motifs is 1. The molecule has 0 bridgehead atoms. The number of alkyl carbamates (subject to hydrolysis) is 1. The molecular weight excluding hydrogens is 562 g/mol. The Morgan fingerprint density at radius 2 is 1.40 bits per heavy atom. The standard InChI is InChI=1S/C38H41N3O4/c1-6-24-41-26-33(32-22-13-14-23-34(32)41)28-16-15-21-31(25-28)38(29-17-9-7-10-18-29,30-19-11-8-12-20-30)45-40-35(42)27(2)39-36(43)44-37(3,4)5/h7-23,25-27H,6,24H2,1-5H3,(H,39,43)(H,40,42).